The molecule has 0 aliphatic carbocycles. The summed E-state index contributed by atoms with van der Waals surface area (Å²) in [6.07, 6.45) is 2.34. The van der Waals surface area contributed by atoms with Crippen molar-refractivity contribution in [3.8, 4) is 0 Å². The van der Waals surface area contributed by atoms with Gasteiger partial charge in [-0.2, -0.15) is 0 Å². The Labute approximate surface area is 117 Å². The second kappa shape index (κ2) is 5.31. The average molecular weight is 266 g/mol. The van der Waals surface area contributed by atoms with E-state index in [9.17, 15) is 4.79 Å². The summed E-state index contributed by atoms with van der Waals surface area (Å²) in [5.74, 6) is 0.724. The van der Waals surface area contributed by atoms with Gasteiger partial charge in [0.15, 0.2) is 6.29 Å². The molecule has 0 aromatic heterocycles. The Hall–Kier alpha value is -2.39. The lowest BCUT2D eigenvalue weighted by Crippen LogP contribution is -1.97. The van der Waals surface area contributed by atoms with Crippen LogP contribution >= 0.6 is 0 Å². The Balaban J connectivity index is 2.07. The molecule has 0 saturated carbocycles. The van der Waals surface area contributed by atoms with E-state index in [1.165, 1.54) is 0 Å². The first-order valence-corrected chi connectivity index (χ1v) is 6.38. The van der Waals surface area contributed by atoms with E-state index in [1.807, 2.05) is 48.5 Å². The number of methoxy groups -OCH3 is 1. The maximum Gasteiger partial charge on any atom is 0.227 e. The highest BCUT2D eigenvalue weighted by Crippen LogP contribution is 2.39. The zero-order valence-electron chi connectivity index (χ0n) is 11.1. The number of hydrogen-bond acceptors (Lipinski definition) is 3. The van der Waals surface area contributed by atoms with Gasteiger partial charge >= 0.3 is 0 Å². The number of benzene rings is 2. The zero-order chi connectivity index (χ0) is 13.9. The molecule has 1 atom stereocenters. The minimum atomic E-state index is -0.388. The quantitative estimate of drug-likeness (QED) is 0.795. The Morgan fingerprint density at radius 1 is 1.05 bits per heavy atom. The van der Waals surface area contributed by atoms with Crippen LogP contribution < -0.4 is 0 Å². The molecule has 20 heavy (non-hydrogen) atoms. The van der Waals surface area contributed by atoms with Crippen LogP contribution in [-0.2, 0) is 9.47 Å². The molecule has 3 nitrogen and oxygen atoms in total. The van der Waals surface area contributed by atoms with Gasteiger partial charge < -0.3 is 9.47 Å². The van der Waals surface area contributed by atoms with E-state index in [0.29, 0.717) is 5.56 Å². The van der Waals surface area contributed by atoms with E-state index in [1.54, 1.807) is 13.2 Å². The molecule has 3 heteroatoms. The van der Waals surface area contributed by atoms with Gasteiger partial charge in [0.1, 0.15) is 5.76 Å². The van der Waals surface area contributed by atoms with E-state index in [4.69, 9.17) is 9.47 Å². The fourth-order valence-corrected chi connectivity index (χ4v) is 2.35. The van der Waals surface area contributed by atoms with Crippen molar-refractivity contribution in [2.45, 2.75) is 6.29 Å². The first kappa shape index (κ1) is 12.6. The highest BCUT2D eigenvalue weighted by molar-refractivity contribution is 5.88. The highest BCUT2D eigenvalue weighted by Gasteiger charge is 2.27. The third-order valence-electron chi connectivity index (χ3n) is 3.34. The summed E-state index contributed by atoms with van der Waals surface area (Å²) in [5.41, 5.74) is 3.48. The fraction of sp³-hybridized carbons (Fsp3) is 0.118. The summed E-state index contributed by atoms with van der Waals surface area (Å²) < 4.78 is 11.1. The van der Waals surface area contributed by atoms with Gasteiger partial charge in [-0.3, -0.25) is 4.79 Å². The summed E-state index contributed by atoms with van der Waals surface area (Å²) in [6, 6.07) is 15.3. The van der Waals surface area contributed by atoms with Crippen LogP contribution in [0, 0.1) is 0 Å². The van der Waals surface area contributed by atoms with Crippen molar-refractivity contribution in [3.63, 3.8) is 0 Å². The molecule has 0 N–H and O–H groups in total. The van der Waals surface area contributed by atoms with Gasteiger partial charge in [-0.05, 0) is 11.6 Å². The lowest BCUT2D eigenvalue weighted by atomic mass is 10.0. The molecule has 1 unspecified atom stereocenters. The van der Waals surface area contributed by atoms with Gasteiger partial charge in [0.2, 0.25) is 6.29 Å². The summed E-state index contributed by atoms with van der Waals surface area (Å²) in [4.78, 5) is 11.1. The highest BCUT2D eigenvalue weighted by atomic mass is 16.7. The molecule has 2 aromatic rings. The van der Waals surface area contributed by atoms with Gasteiger partial charge in [-0.25, -0.2) is 0 Å². The molecule has 0 spiro atoms. The molecule has 0 saturated heterocycles. The van der Waals surface area contributed by atoms with Crippen molar-refractivity contribution < 1.29 is 14.3 Å². The van der Waals surface area contributed by atoms with Crippen LogP contribution in [0.5, 0.6) is 0 Å². The van der Waals surface area contributed by atoms with E-state index in [0.717, 1.165) is 28.7 Å². The van der Waals surface area contributed by atoms with Crippen LogP contribution in [0.3, 0.4) is 0 Å². The van der Waals surface area contributed by atoms with Crippen molar-refractivity contribution in [1.29, 1.82) is 0 Å². The summed E-state index contributed by atoms with van der Waals surface area (Å²) in [7, 11) is 1.61. The molecule has 1 aliphatic rings. The maximum absolute atomic E-state index is 11.1. The second-order valence-electron chi connectivity index (χ2n) is 4.53. The van der Waals surface area contributed by atoms with Crippen molar-refractivity contribution in [3.05, 3.63) is 70.8 Å². The standard InChI is InChI=1S/C17H14O3/c1-19-17-15-9-5-4-8-14(15)16(20-17)10-12-6-2-3-7-13(12)11-18/h2-11,17H,1H3/b16-10-. The molecule has 0 amide bonds. The summed E-state index contributed by atoms with van der Waals surface area (Å²) in [5, 5.41) is 0. The molecular formula is C17H14O3. The van der Waals surface area contributed by atoms with E-state index in [2.05, 4.69) is 0 Å². The van der Waals surface area contributed by atoms with Crippen LogP contribution in [0.25, 0.3) is 11.8 Å². The van der Waals surface area contributed by atoms with Crippen molar-refractivity contribution >= 4 is 18.1 Å². The molecule has 100 valence electrons. The van der Waals surface area contributed by atoms with E-state index in [-0.39, 0.29) is 6.29 Å². The Morgan fingerprint density at radius 2 is 1.75 bits per heavy atom. The predicted molar refractivity (Wildman–Crippen MR) is 77.0 cm³/mol. The number of fused-ring (bicyclic) bond motifs is 1. The Bertz CT molecular complexity index is 673. The van der Waals surface area contributed by atoms with Crippen LogP contribution in [-0.4, -0.2) is 13.4 Å². The number of aldehydes is 1. The molecule has 1 aliphatic heterocycles. The van der Waals surface area contributed by atoms with Crippen molar-refractivity contribution in [2.24, 2.45) is 0 Å². The SMILES string of the molecule is COC1O/C(=C\c2ccccc2C=O)c2ccccc21. The fourth-order valence-electron chi connectivity index (χ4n) is 2.35. The van der Waals surface area contributed by atoms with Gasteiger partial charge in [-0.15, -0.1) is 0 Å². The second-order valence-corrected chi connectivity index (χ2v) is 4.53. The van der Waals surface area contributed by atoms with Crippen molar-refractivity contribution in [1.82, 2.24) is 0 Å². The van der Waals surface area contributed by atoms with Gasteiger partial charge in [0, 0.05) is 23.8 Å². The van der Waals surface area contributed by atoms with Crippen LogP contribution in [0.4, 0.5) is 0 Å². The molecule has 1 heterocycles. The third kappa shape index (κ3) is 2.12. The number of carbonyl (C=O) groups excluding carboxylic acids is 1. The topological polar surface area (TPSA) is 35.5 Å². The van der Waals surface area contributed by atoms with Gasteiger partial charge in [-0.1, -0.05) is 48.5 Å². The number of hydrogen-bond donors (Lipinski definition) is 0. The zero-order valence-corrected chi connectivity index (χ0v) is 11.1. The number of rotatable bonds is 3. The number of carbonyl (C=O) groups is 1. The molecule has 0 bridgehead atoms. The van der Waals surface area contributed by atoms with Gasteiger partial charge in [0.25, 0.3) is 0 Å². The Morgan fingerprint density at radius 3 is 2.50 bits per heavy atom. The first-order valence-electron chi connectivity index (χ1n) is 6.38. The van der Waals surface area contributed by atoms with Crippen molar-refractivity contribution in [2.75, 3.05) is 7.11 Å². The van der Waals surface area contributed by atoms with E-state index < -0.39 is 0 Å². The van der Waals surface area contributed by atoms with Crippen LogP contribution in [0.1, 0.15) is 33.3 Å². The van der Waals surface area contributed by atoms with Crippen LogP contribution in [0.15, 0.2) is 48.5 Å². The molecular weight excluding hydrogens is 252 g/mol. The minimum absolute atomic E-state index is 0.388. The predicted octanol–water partition coefficient (Wildman–Crippen LogP) is 3.67. The maximum atomic E-state index is 11.1. The minimum Gasteiger partial charge on any atom is -0.460 e. The summed E-state index contributed by atoms with van der Waals surface area (Å²) in [6.45, 7) is 0. The van der Waals surface area contributed by atoms with Gasteiger partial charge in [0.05, 0.1) is 0 Å². The molecule has 3 rings (SSSR count). The summed E-state index contributed by atoms with van der Waals surface area (Å²) >= 11 is 0. The lowest BCUT2D eigenvalue weighted by molar-refractivity contribution is -0.0644. The monoisotopic (exact) mass is 266 g/mol. The molecule has 2 aromatic carbocycles. The lowest BCUT2D eigenvalue weighted by Gasteiger charge is -2.09. The van der Waals surface area contributed by atoms with Crippen LogP contribution in [0.2, 0.25) is 0 Å². The first-order chi connectivity index (χ1) is 9.83. The average Bonchev–Trinajstić information content (AvgIpc) is 2.86. The number of ether oxygens (including phenoxy) is 2. The van der Waals surface area contributed by atoms with E-state index >= 15 is 0 Å². The largest absolute Gasteiger partial charge is 0.460 e. The third-order valence-corrected chi connectivity index (χ3v) is 3.34. The normalized spacial score (nSPS) is 18.6. The molecule has 0 radical (unpaired) electrons. The molecule has 0 fully saturated rings. The Kier molecular flexibility index (Phi) is 3.35. The smallest absolute Gasteiger partial charge is 0.227 e.